The summed E-state index contributed by atoms with van der Waals surface area (Å²) in [5.41, 5.74) is 0.564. The van der Waals surface area contributed by atoms with Crippen LogP contribution in [0.3, 0.4) is 0 Å². The molecule has 0 radical (unpaired) electrons. The highest BCUT2D eigenvalue weighted by atomic mass is 16.5. The summed E-state index contributed by atoms with van der Waals surface area (Å²) in [6, 6.07) is 4.93. The number of ether oxygens (including phenoxy) is 3. The van der Waals surface area contributed by atoms with E-state index in [0.717, 1.165) is 19.3 Å². The Labute approximate surface area is 159 Å². The first-order valence-corrected chi connectivity index (χ1v) is 9.54. The van der Waals surface area contributed by atoms with Gasteiger partial charge in [-0.25, -0.2) is 4.79 Å². The topological polar surface area (TPSA) is 94.1 Å². The lowest BCUT2D eigenvalue weighted by molar-refractivity contribution is -0.169. The third-order valence-corrected chi connectivity index (χ3v) is 5.60. The SMILES string of the molecule is CCOc1cc(C(=O)N[C@@H]2C[C@H](OCC)C23CCC3)ccc1OCC(=O)O. The average Bonchev–Trinajstić information content (AvgIpc) is 2.58. The molecule has 2 fully saturated rings. The Morgan fingerprint density at radius 1 is 1.19 bits per heavy atom. The summed E-state index contributed by atoms with van der Waals surface area (Å²) in [5, 5.41) is 11.9. The quantitative estimate of drug-likeness (QED) is 0.687. The Morgan fingerprint density at radius 2 is 1.96 bits per heavy atom. The fraction of sp³-hybridized carbons (Fsp3) is 0.600. The fourth-order valence-corrected chi connectivity index (χ4v) is 4.06. The van der Waals surface area contributed by atoms with E-state index in [4.69, 9.17) is 19.3 Å². The molecule has 2 aliphatic rings. The molecule has 7 heteroatoms. The molecule has 0 heterocycles. The normalized spacial score (nSPS) is 22.4. The number of carbonyl (C=O) groups is 2. The predicted molar refractivity (Wildman–Crippen MR) is 98.3 cm³/mol. The van der Waals surface area contributed by atoms with E-state index in [1.807, 2.05) is 13.8 Å². The van der Waals surface area contributed by atoms with Gasteiger partial charge in [0.05, 0.1) is 12.7 Å². The van der Waals surface area contributed by atoms with Crippen LogP contribution in [0.2, 0.25) is 0 Å². The molecule has 0 saturated heterocycles. The second-order valence-corrected chi connectivity index (χ2v) is 7.07. The molecule has 27 heavy (non-hydrogen) atoms. The van der Waals surface area contributed by atoms with Crippen molar-refractivity contribution >= 4 is 11.9 Å². The third-order valence-electron chi connectivity index (χ3n) is 5.60. The summed E-state index contributed by atoms with van der Waals surface area (Å²) in [6.07, 6.45) is 4.45. The molecule has 2 N–H and O–H groups in total. The van der Waals surface area contributed by atoms with Gasteiger partial charge in [0.1, 0.15) is 0 Å². The lowest BCUT2D eigenvalue weighted by Gasteiger charge is -2.61. The van der Waals surface area contributed by atoms with Crippen molar-refractivity contribution in [3.8, 4) is 11.5 Å². The monoisotopic (exact) mass is 377 g/mol. The number of rotatable bonds is 9. The molecule has 148 valence electrons. The van der Waals surface area contributed by atoms with Crippen molar-refractivity contribution in [3.05, 3.63) is 23.8 Å². The van der Waals surface area contributed by atoms with Crippen molar-refractivity contribution in [3.63, 3.8) is 0 Å². The molecule has 1 amide bonds. The zero-order chi connectivity index (χ0) is 19.4. The Hall–Kier alpha value is -2.28. The summed E-state index contributed by atoms with van der Waals surface area (Å²) < 4.78 is 16.6. The standard InChI is InChI=1S/C20H27NO6/c1-3-25-15-10-13(6-7-14(15)27-12-18(22)23)19(24)21-16-11-17(26-4-2)20(16)8-5-9-20/h6-7,10,16-17H,3-5,8-9,11-12H2,1-2H3,(H,21,24)(H,22,23)/t16-,17+/m1/s1. The maximum absolute atomic E-state index is 12.7. The predicted octanol–water partition coefficient (Wildman–Crippen LogP) is 2.63. The van der Waals surface area contributed by atoms with Crippen LogP contribution >= 0.6 is 0 Å². The van der Waals surface area contributed by atoms with Gasteiger partial charge in [-0.1, -0.05) is 6.42 Å². The smallest absolute Gasteiger partial charge is 0.341 e. The van der Waals surface area contributed by atoms with E-state index in [1.54, 1.807) is 18.2 Å². The number of aliphatic carboxylic acids is 1. The van der Waals surface area contributed by atoms with Gasteiger partial charge in [0.25, 0.3) is 5.91 Å². The molecule has 7 nitrogen and oxygen atoms in total. The second kappa shape index (κ2) is 8.17. The van der Waals surface area contributed by atoms with Gasteiger partial charge in [0.15, 0.2) is 18.1 Å². The summed E-state index contributed by atoms with van der Waals surface area (Å²) in [4.78, 5) is 23.4. The largest absolute Gasteiger partial charge is 0.490 e. The van der Waals surface area contributed by atoms with E-state index in [1.165, 1.54) is 6.42 Å². The highest BCUT2D eigenvalue weighted by Crippen LogP contribution is 2.57. The molecule has 2 atom stereocenters. The molecular formula is C20H27NO6. The molecule has 1 spiro atoms. The van der Waals surface area contributed by atoms with Gasteiger partial charge in [-0.05, 0) is 51.3 Å². The minimum atomic E-state index is -1.07. The van der Waals surface area contributed by atoms with Crippen molar-refractivity contribution < 1.29 is 28.9 Å². The number of benzene rings is 1. The average molecular weight is 377 g/mol. The Kier molecular flexibility index (Phi) is 5.89. The number of carboxylic acids is 1. The lowest BCUT2D eigenvalue weighted by atomic mass is 9.51. The first-order valence-electron chi connectivity index (χ1n) is 9.54. The number of hydrogen-bond acceptors (Lipinski definition) is 5. The summed E-state index contributed by atoms with van der Waals surface area (Å²) in [7, 11) is 0. The summed E-state index contributed by atoms with van der Waals surface area (Å²) in [6.45, 7) is 4.44. The van der Waals surface area contributed by atoms with Crippen molar-refractivity contribution in [2.45, 2.75) is 51.7 Å². The van der Waals surface area contributed by atoms with Gasteiger partial charge in [-0.15, -0.1) is 0 Å². The molecular weight excluding hydrogens is 350 g/mol. The lowest BCUT2D eigenvalue weighted by Crippen LogP contribution is -2.67. The highest BCUT2D eigenvalue weighted by Gasteiger charge is 2.59. The van der Waals surface area contributed by atoms with Crippen LogP contribution in [0.4, 0.5) is 0 Å². The summed E-state index contributed by atoms with van der Waals surface area (Å²) >= 11 is 0. The summed E-state index contributed by atoms with van der Waals surface area (Å²) in [5.74, 6) is -0.553. The van der Waals surface area contributed by atoms with Gasteiger partial charge < -0.3 is 24.6 Å². The van der Waals surface area contributed by atoms with Gasteiger partial charge >= 0.3 is 5.97 Å². The van der Waals surface area contributed by atoms with Gasteiger partial charge in [-0.2, -0.15) is 0 Å². The first-order chi connectivity index (χ1) is 13.0. The minimum Gasteiger partial charge on any atom is -0.490 e. The number of carbonyl (C=O) groups excluding carboxylic acids is 1. The molecule has 2 aliphatic carbocycles. The third kappa shape index (κ3) is 3.88. The fourth-order valence-electron chi connectivity index (χ4n) is 4.06. The maximum atomic E-state index is 12.7. The van der Waals surface area contributed by atoms with Crippen LogP contribution in [0.1, 0.15) is 49.9 Å². The van der Waals surface area contributed by atoms with E-state index >= 15 is 0 Å². The number of hydrogen-bond donors (Lipinski definition) is 2. The van der Waals surface area contributed by atoms with Crippen molar-refractivity contribution in [1.82, 2.24) is 5.32 Å². The number of carboxylic acid groups (broad SMARTS) is 1. The Balaban J connectivity index is 1.67. The molecule has 0 bridgehead atoms. The highest BCUT2D eigenvalue weighted by molar-refractivity contribution is 5.95. The van der Waals surface area contributed by atoms with Crippen LogP contribution in [0, 0.1) is 5.41 Å². The van der Waals surface area contributed by atoms with E-state index < -0.39 is 12.6 Å². The van der Waals surface area contributed by atoms with Gasteiger partial charge in [0, 0.05) is 23.6 Å². The Morgan fingerprint density at radius 3 is 2.56 bits per heavy atom. The molecule has 0 unspecified atom stereocenters. The van der Waals surface area contributed by atoms with Crippen LogP contribution in [0.25, 0.3) is 0 Å². The van der Waals surface area contributed by atoms with Crippen LogP contribution in [0.5, 0.6) is 11.5 Å². The maximum Gasteiger partial charge on any atom is 0.341 e. The van der Waals surface area contributed by atoms with Crippen LogP contribution in [0.15, 0.2) is 18.2 Å². The molecule has 2 saturated carbocycles. The minimum absolute atomic E-state index is 0.0962. The van der Waals surface area contributed by atoms with Crippen LogP contribution < -0.4 is 14.8 Å². The number of nitrogens with one attached hydrogen (secondary N) is 1. The van der Waals surface area contributed by atoms with E-state index in [-0.39, 0.29) is 23.5 Å². The Bertz CT molecular complexity index is 700. The van der Waals surface area contributed by atoms with E-state index in [0.29, 0.717) is 30.3 Å². The zero-order valence-electron chi connectivity index (χ0n) is 15.8. The number of amides is 1. The van der Waals surface area contributed by atoms with E-state index in [2.05, 4.69) is 5.32 Å². The van der Waals surface area contributed by atoms with Crippen molar-refractivity contribution in [1.29, 1.82) is 0 Å². The van der Waals surface area contributed by atoms with Crippen molar-refractivity contribution in [2.75, 3.05) is 19.8 Å². The second-order valence-electron chi connectivity index (χ2n) is 7.07. The zero-order valence-corrected chi connectivity index (χ0v) is 15.8. The molecule has 1 aromatic rings. The first kappa shape index (κ1) is 19.5. The molecule has 1 aromatic carbocycles. The van der Waals surface area contributed by atoms with Crippen LogP contribution in [-0.2, 0) is 9.53 Å². The van der Waals surface area contributed by atoms with Gasteiger partial charge in [-0.3, -0.25) is 4.79 Å². The molecule has 0 aromatic heterocycles. The van der Waals surface area contributed by atoms with Crippen LogP contribution in [-0.4, -0.2) is 48.9 Å². The molecule has 3 rings (SSSR count). The van der Waals surface area contributed by atoms with E-state index in [9.17, 15) is 9.59 Å². The van der Waals surface area contributed by atoms with Gasteiger partial charge in [0.2, 0.25) is 0 Å². The molecule has 0 aliphatic heterocycles. The van der Waals surface area contributed by atoms with Crippen molar-refractivity contribution in [2.24, 2.45) is 5.41 Å².